The number of nitriles is 1. The van der Waals surface area contributed by atoms with Crippen LogP contribution in [0.4, 0.5) is 13.2 Å². The van der Waals surface area contributed by atoms with E-state index in [1.54, 1.807) is 0 Å². The third-order valence-electron chi connectivity index (χ3n) is 1.28. The lowest BCUT2D eigenvalue weighted by atomic mass is 9.92. The maximum absolute atomic E-state index is 11.8. The first kappa shape index (κ1) is 9.24. The molecule has 0 heterocycles. The zero-order valence-corrected chi connectivity index (χ0v) is 5.37. The molecule has 0 aromatic carbocycles. The van der Waals surface area contributed by atoms with Crippen LogP contribution in [0.15, 0.2) is 0 Å². The Morgan fingerprint density at radius 3 is 1.90 bits per heavy atom. The molecular weight excluding hydrogens is 145 g/mol. The van der Waals surface area contributed by atoms with Crippen molar-refractivity contribution in [2.45, 2.75) is 13.1 Å². The Balaban J connectivity index is 4.54. The number of halogens is 3. The van der Waals surface area contributed by atoms with Gasteiger partial charge in [0.2, 0.25) is 0 Å². The minimum Gasteiger partial charge on any atom is -0.329 e. The molecule has 2 nitrogen and oxygen atoms in total. The summed E-state index contributed by atoms with van der Waals surface area (Å²) in [6.45, 7) is 0.0694. The highest BCUT2D eigenvalue weighted by Gasteiger charge is 2.50. The average Bonchev–Trinajstić information content (AvgIpc) is 1.84. The number of hydrogen-bond donors (Lipinski definition) is 1. The number of nitrogens with two attached hydrogens (primary N) is 1. The van der Waals surface area contributed by atoms with E-state index in [2.05, 4.69) is 0 Å². The van der Waals surface area contributed by atoms with Gasteiger partial charge in [0, 0.05) is 6.54 Å². The van der Waals surface area contributed by atoms with Gasteiger partial charge >= 0.3 is 6.18 Å². The van der Waals surface area contributed by atoms with Crippen molar-refractivity contribution in [3.8, 4) is 6.07 Å². The molecule has 0 aliphatic rings. The Morgan fingerprint density at radius 1 is 1.50 bits per heavy atom. The fraction of sp³-hybridized carbons (Fsp3) is 0.800. The predicted molar refractivity (Wildman–Crippen MR) is 28.8 cm³/mol. The molecule has 0 aromatic rings. The molecule has 0 amide bonds. The van der Waals surface area contributed by atoms with Crippen LogP contribution in [-0.4, -0.2) is 12.7 Å². The molecule has 1 atom stereocenters. The van der Waals surface area contributed by atoms with E-state index in [-0.39, 0.29) is 0 Å². The normalized spacial score (nSPS) is 17.6. The first-order valence-corrected chi connectivity index (χ1v) is 2.55. The SMILES string of the molecule is CC(C#N)(CN)C(F)(F)F. The largest absolute Gasteiger partial charge is 0.408 e. The van der Waals surface area contributed by atoms with Crippen molar-refractivity contribution >= 4 is 0 Å². The minimum absolute atomic E-state index is 0.701. The van der Waals surface area contributed by atoms with E-state index >= 15 is 0 Å². The van der Waals surface area contributed by atoms with Crippen molar-refractivity contribution in [1.29, 1.82) is 5.26 Å². The topological polar surface area (TPSA) is 49.8 Å². The highest BCUT2D eigenvalue weighted by molar-refractivity contribution is 5.01. The maximum Gasteiger partial charge on any atom is 0.408 e. The van der Waals surface area contributed by atoms with Crippen molar-refractivity contribution in [1.82, 2.24) is 0 Å². The molecule has 0 bridgehead atoms. The molecule has 2 N–H and O–H groups in total. The van der Waals surface area contributed by atoms with E-state index < -0.39 is 18.1 Å². The van der Waals surface area contributed by atoms with Crippen LogP contribution < -0.4 is 5.73 Å². The van der Waals surface area contributed by atoms with Crippen LogP contribution in [0.3, 0.4) is 0 Å². The van der Waals surface area contributed by atoms with Crippen LogP contribution >= 0.6 is 0 Å². The molecule has 0 aliphatic carbocycles. The molecule has 1 unspecified atom stereocenters. The predicted octanol–water partition coefficient (Wildman–Crippen LogP) is 1.04. The Bertz CT molecular complexity index is 157. The number of nitrogens with zero attached hydrogens (tertiary/aromatic N) is 1. The monoisotopic (exact) mass is 152 g/mol. The molecule has 10 heavy (non-hydrogen) atoms. The lowest BCUT2D eigenvalue weighted by Crippen LogP contribution is -2.40. The Hall–Kier alpha value is -0.760. The molecule has 0 rings (SSSR count). The highest BCUT2D eigenvalue weighted by Crippen LogP contribution is 2.35. The molecule has 0 saturated carbocycles. The summed E-state index contributed by atoms with van der Waals surface area (Å²) in [4.78, 5) is 0. The second-order valence-corrected chi connectivity index (χ2v) is 2.15. The summed E-state index contributed by atoms with van der Waals surface area (Å²) in [7, 11) is 0. The van der Waals surface area contributed by atoms with Crippen molar-refractivity contribution in [3.05, 3.63) is 0 Å². The van der Waals surface area contributed by atoms with Gasteiger partial charge < -0.3 is 5.73 Å². The summed E-state index contributed by atoms with van der Waals surface area (Å²) in [5.74, 6) is 0. The van der Waals surface area contributed by atoms with Gasteiger partial charge in [-0.1, -0.05) is 0 Å². The van der Waals surface area contributed by atoms with E-state index in [4.69, 9.17) is 11.0 Å². The molecule has 0 spiro atoms. The summed E-state index contributed by atoms with van der Waals surface area (Å²) in [6, 6.07) is 1.12. The Morgan fingerprint density at radius 2 is 1.90 bits per heavy atom. The van der Waals surface area contributed by atoms with Gasteiger partial charge in [-0.3, -0.25) is 0 Å². The molecule has 5 heteroatoms. The van der Waals surface area contributed by atoms with Crippen molar-refractivity contribution in [2.75, 3.05) is 6.54 Å². The van der Waals surface area contributed by atoms with Gasteiger partial charge in [-0.05, 0) is 6.92 Å². The minimum atomic E-state index is -4.53. The Kier molecular flexibility index (Phi) is 2.28. The van der Waals surface area contributed by atoms with Gasteiger partial charge in [0.05, 0.1) is 6.07 Å². The molecular formula is C5H7F3N2. The van der Waals surface area contributed by atoms with Crippen LogP contribution in [0.2, 0.25) is 0 Å². The highest BCUT2D eigenvalue weighted by atomic mass is 19.4. The lowest BCUT2D eigenvalue weighted by molar-refractivity contribution is -0.193. The van der Waals surface area contributed by atoms with Gasteiger partial charge in [-0.25, -0.2) is 0 Å². The standard InChI is InChI=1S/C5H7F3N2/c1-4(2-9,3-10)5(6,7)8/h2,9H2,1H3. The molecule has 0 aromatic heterocycles. The fourth-order valence-electron chi connectivity index (χ4n) is 0.225. The number of rotatable bonds is 1. The quantitative estimate of drug-likeness (QED) is 0.610. The van der Waals surface area contributed by atoms with Crippen LogP contribution in [0.1, 0.15) is 6.92 Å². The van der Waals surface area contributed by atoms with Gasteiger partial charge in [0.25, 0.3) is 0 Å². The van der Waals surface area contributed by atoms with Crippen molar-refractivity contribution in [2.24, 2.45) is 11.1 Å². The maximum atomic E-state index is 11.8. The van der Waals surface area contributed by atoms with Crippen LogP contribution in [0.5, 0.6) is 0 Å². The van der Waals surface area contributed by atoms with E-state index in [1.165, 1.54) is 0 Å². The average molecular weight is 152 g/mol. The first-order chi connectivity index (χ1) is 4.37. The number of hydrogen-bond acceptors (Lipinski definition) is 2. The first-order valence-electron chi connectivity index (χ1n) is 2.55. The van der Waals surface area contributed by atoms with E-state index in [0.29, 0.717) is 0 Å². The molecule has 0 radical (unpaired) electrons. The number of alkyl halides is 3. The van der Waals surface area contributed by atoms with Gasteiger partial charge in [0.1, 0.15) is 0 Å². The second-order valence-electron chi connectivity index (χ2n) is 2.15. The lowest BCUT2D eigenvalue weighted by Gasteiger charge is -2.21. The third-order valence-corrected chi connectivity index (χ3v) is 1.28. The molecule has 0 saturated heterocycles. The van der Waals surface area contributed by atoms with E-state index in [0.717, 1.165) is 13.0 Å². The van der Waals surface area contributed by atoms with Crippen LogP contribution in [0.25, 0.3) is 0 Å². The van der Waals surface area contributed by atoms with E-state index in [9.17, 15) is 13.2 Å². The summed E-state index contributed by atoms with van der Waals surface area (Å²) in [5.41, 5.74) is 2.37. The summed E-state index contributed by atoms with van der Waals surface area (Å²) >= 11 is 0. The fourth-order valence-corrected chi connectivity index (χ4v) is 0.225. The Labute approximate surface area is 56.4 Å². The van der Waals surface area contributed by atoms with Gasteiger partial charge in [0.15, 0.2) is 5.41 Å². The van der Waals surface area contributed by atoms with Crippen LogP contribution in [-0.2, 0) is 0 Å². The van der Waals surface area contributed by atoms with Gasteiger partial charge in [-0.2, -0.15) is 18.4 Å². The zero-order chi connectivity index (χ0) is 8.41. The molecule has 0 fully saturated rings. The van der Waals surface area contributed by atoms with E-state index in [1.807, 2.05) is 0 Å². The third kappa shape index (κ3) is 1.39. The van der Waals surface area contributed by atoms with Crippen molar-refractivity contribution < 1.29 is 13.2 Å². The van der Waals surface area contributed by atoms with Crippen molar-refractivity contribution in [3.63, 3.8) is 0 Å². The molecule has 58 valence electrons. The summed E-state index contributed by atoms with van der Waals surface area (Å²) in [5, 5.41) is 8.07. The smallest absolute Gasteiger partial charge is 0.329 e. The second kappa shape index (κ2) is 2.46. The summed E-state index contributed by atoms with van der Waals surface area (Å²) < 4.78 is 35.4. The van der Waals surface area contributed by atoms with Crippen LogP contribution in [0, 0.1) is 16.7 Å². The van der Waals surface area contributed by atoms with Gasteiger partial charge in [-0.15, -0.1) is 0 Å². The zero-order valence-electron chi connectivity index (χ0n) is 5.37. The molecule has 0 aliphatic heterocycles. The summed E-state index contributed by atoms with van der Waals surface area (Å²) in [6.07, 6.45) is -4.53.